The van der Waals surface area contributed by atoms with Gasteiger partial charge in [-0.05, 0) is 19.1 Å². The highest BCUT2D eigenvalue weighted by Crippen LogP contribution is 2.22. The van der Waals surface area contributed by atoms with Gasteiger partial charge in [-0.2, -0.15) is 4.98 Å². The number of nitrogens with one attached hydrogen (secondary N) is 1. The molecule has 0 saturated carbocycles. The van der Waals surface area contributed by atoms with Crippen LogP contribution in [0.4, 0.5) is 26.2 Å². The van der Waals surface area contributed by atoms with Crippen LogP contribution >= 0.6 is 0 Å². The minimum absolute atomic E-state index is 0.0528. The molecule has 3 N–H and O–H groups in total. The lowest BCUT2D eigenvalue weighted by Crippen LogP contribution is -2.03. The van der Waals surface area contributed by atoms with Gasteiger partial charge in [0.15, 0.2) is 11.6 Å². The number of nitrogens with zero attached hydrogens (tertiary/aromatic N) is 2. The van der Waals surface area contributed by atoms with Crippen molar-refractivity contribution in [2.24, 2.45) is 0 Å². The number of nitrogens with two attached hydrogens (primary N) is 1. The minimum Gasteiger partial charge on any atom is -0.368 e. The summed E-state index contributed by atoms with van der Waals surface area (Å²) in [5.74, 6) is -1.16. The summed E-state index contributed by atoms with van der Waals surface area (Å²) in [6, 6.07) is 4.47. The molecule has 0 spiro atoms. The van der Waals surface area contributed by atoms with Crippen LogP contribution in [0.1, 0.15) is 5.56 Å². The Labute approximate surface area is 96.5 Å². The van der Waals surface area contributed by atoms with E-state index in [1.54, 1.807) is 13.0 Å². The van der Waals surface area contributed by atoms with Crippen LogP contribution in [-0.4, -0.2) is 9.97 Å². The molecule has 1 heterocycles. The van der Waals surface area contributed by atoms with Crippen LogP contribution in [0.5, 0.6) is 0 Å². The van der Waals surface area contributed by atoms with Crippen LogP contribution in [0.15, 0.2) is 24.4 Å². The second-order valence-corrected chi connectivity index (χ2v) is 3.46. The van der Waals surface area contributed by atoms with E-state index in [9.17, 15) is 8.78 Å². The van der Waals surface area contributed by atoms with Crippen LogP contribution in [0, 0.1) is 18.6 Å². The van der Waals surface area contributed by atoms with Crippen molar-refractivity contribution < 1.29 is 8.78 Å². The van der Waals surface area contributed by atoms with E-state index in [-0.39, 0.29) is 17.6 Å². The second-order valence-electron chi connectivity index (χ2n) is 3.46. The highest BCUT2D eigenvalue weighted by Gasteiger charge is 2.08. The van der Waals surface area contributed by atoms with Crippen molar-refractivity contribution in [3.05, 3.63) is 41.6 Å². The maximum Gasteiger partial charge on any atom is 0.222 e. The highest BCUT2D eigenvalue weighted by atomic mass is 19.1. The zero-order valence-corrected chi connectivity index (χ0v) is 9.04. The van der Waals surface area contributed by atoms with Gasteiger partial charge in [-0.15, -0.1) is 0 Å². The SMILES string of the molecule is Cc1c(F)cccc1Nc1nc(N)ncc1F. The van der Waals surface area contributed by atoms with Crippen LogP contribution < -0.4 is 11.1 Å². The Bertz CT molecular complexity index is 557. The number of benzene rings is 1. The summed E-state index contributed by atoms with van der Waals surface area (Å²) in [4.78, 5) is 7.20. The van der Waals surface area contributed by atoms with Crippen molar-refractivity contribution in [1.29, 1.82) is 0 Å². The molecule has 0 atom stereocenters. The Morgan fingerprint density at radius 3 is 2.76 bits per heavy atom. The molecule has 0 bridgehead atoms. The fourth-order valence-corrected chi connectivity index (χ4v) is 1.34. The summed E-state index contributed by atoms with van der Waals surface area (Å²) < 4.78 is 26.6. The molecule has 4 nitrogen and oxygen atoms in total. The fraction of sp³-hybridized carbons (Fsp3) is 0.0909. The van der Waals surface area contributed by atoms with Crippen molar-refractivity contribution in [3.8, 4) is 0 Å². The first kappa shape index (κ1) is 11.3. The van der Waals surface area contributed by atoms with Crippen molar-refractivity contribution in [2.75, 3.05) is 11.1 Å². The normalized spacial score (nSPS) is 10.3. The van der Waals surface area contributed by atoms with E-state index in [0.29, 0.717) is 11.3 Å². The number of aromatic nitrogens is 2. The summed E-state index contributed by atoms with van der Waals surface area (Å²) >= 11 is 0. The standard InChI is InChI=1S/C11H10F2N4/c1-6-7(12)3-2-4-9(6)16-10-8(13)5-15-11(14)17-10/h2-5H,1H3,(H3,14,15,16,17). The summed E-state index contributed by atoms with van der Waals surface area (Å²) in [5, 5.41) is 2.68. The van der Waals surface area contributed by atoms with E-state index < -0.39 is 5.82 Å². The summed E-state index contributed by atoms with van der Waals surface area (Å²) in [6.07, 6.45) is 0.958. The van der Waals surface area contributed by atoms with E-state index in [0.717, 1.165) is 6.20 Å². The van der Waals surface area contributed by atoms with Gasteiger partial charge in [0.05, 0.1) is 6.20 Å². The van der Waals surface area contributed by atoms with Gasteiger partial charge in [0.2, 0.25) is 5.95 Å². The van der Waals surface area contributed by atoms with Crippen molar-refractivity contribution in [2.45, 2.75) is 6.92 Å². The van der Waals surface area contributed by atoms with Crippen LogP contribution in [0.25, 0.3) is 0 Å². The predicted octanol–water partition coefficient (Wildman–Crippen LogP) is 2.39. The largest absolute Gasteiger partial charge is 0.368 e. The van der Waals surface area contributed by atoms with E-state index in [1.807, 2.05) is 0 Å². The fourth-order valence-electron chi connectivity index (χ4n) is 1.34. The van der Waals surface area contributed by atoms with E-state index >= 15 is 0 Å². The molecule has 1 aromatic heterocycles. The number of anilines is 3. The van der Waals surface area contributed by atoms with E-state index in [2.05, 4.69) is 15.3 Å². The maximum atomic E-state index is 13.4. The molecule has 0 unspecified atom stereocenters. The Kier molecular flexibility index (Phi) is 2.86. The molecule has 0 fully saturated rings. The molecular weight excluding hydrogens is 226 g/mol. The number of halogens is 2. The van der Waals surface area contributed by atoms with E-state index in [4.69, 9.17) is 5.73 Å². The molecule has 1 aromatic carbocycles. The Morgan fingerprint density at radius 1 is 1.24 bits per heavy atom. The van der Waals surface area contributed by atoms with Gasteiger partial charge in [-0.25, -0.2) is 13.8 Å². The summed E-state index contributed by atoms with van der Waals surface area (Å²) in [7, 11) is 0. The van der Waals surface area contributed by atoms with Crippen LogP contribution in [0.3, 0.4) is 0 Å². The summed E-state index contributed by atoms with van der Waals surface area (Å²) in [5.41, 5.74) is 6.16. The molecule has 88 valence electrons. The number of hydrogen-bond donors (Lipinski definition) is 2. The van der Waals surface area contributed by atoms with Gasteiger partial charge in [0.25, 0.3) is 0 Å². The zero-order valence-electron chi connectivity index (χ0n) is 9.04. The molecule has 0 aliphatic rings. The first-order chi connectivity index (χ1) is 8.08. The monoisotopic (exact) mass is 236 g/mol. The van der Waals surface area contributed by atoms with Gasteiger partial charge in [0.1, 0.15) is 5.82 Å². The van der Waals surface area contributed by atoms with Crippen molar-refractivity contribution in [3.63, 3.8) is 0 Å². The molecule has 6 heteroatoms. The lowest BCUT2D eigenvalue weighted by molar-refractivity contribution is 0.616. The van der Waals surface area contributed by atoms with Gasteiger partial charge in [-0.3, -0.25) is 0 Å². The topological polar surface area (TPSA) is 63.8 Å². The van der Waals surface area contributed by atoms with Crippen LogP contribution in [-0.2, 0) is 0 Å². The molecule has 0 aliphatic heterocycles. The third-order valence-corrected chi connectivity index (χ3v) is 2.28. The smallest absolute Gasteiger partial charge is 0.222 e. The Morgan fingerprint density at radius 2 is 2.00 bits per heavy atom. The average Bonchev–Trinajstić information content (AvgIpc) is 2.30. The molecule has 0 aliphatic carbocycles. The van der Waals surface area contributed by atoms with Crippen molar-refractivity contribution in [1.82, 2.24) is 9.97 Å². The number of nitrogen functional groups attached to an aromatic ring is 1. The summed E-state index contributed by atoms with van der Waals surface area (Å²) in [6.45, 7) is 1.58. The lowest BCUT2D eigenvalue weighted by Gasteiger charge is -2.09. The molecule has 0 saturated heterocycles. The first-order valence-corrected chi connectivity index (χ1v) is 4.88. The van der Waals surface area contributed by atoms with Gasteiger partial charge in [0, 0.05) is 11.3 Å². The third kappa shape index (κ3) is 2.30. The Hall–Kier alpha value is -2.24. The van der Waals surface area contributed by atoms with Gasteiger partial charge in [-0.1, -0.05) is 6.07 Å². The molecule has 17 heavy (non-hydrogen) atoms. The van der Waals surface area contributed by atoms with E-state index in [1.165, 1.54) is 12.1 Å². The molecular formula is C11H10F2N4. The first-order valence-electron chi connectivity index (χ1n) is 4.88. The maximum absolute atomic E-state index is 13.4. The average molecular weight is 236 g/mol. The second kappa shape index (κ2) is 4.32. The van der Waals surface area contributed by atoms with Crippen molar-refractivity contribution >= 4 is 17.5 Å². The molecule has 2 aromatic rings. The predicted molar refractivity (Wildman–Crippen MR) is 60.8 cm³/mol. The minimum atomic E-state index is -0.650. The number of hydrogen-bond acceptors (Lipinski definition) is 4. The Balaban J connectivity index is 2.38. The van der Waals surface area contributed by atoms with Gasteiger partial charge >= 0.3 is 0 Å². The zero-order chi connectivity index (χ0) is 12.4. The molecule has 0 radical (unpaired) electrons. The molecule has 0 amide bonds. The highest BCUT2D eigenvalue weighted by molar-refractivity contribution is 5.61. The lowest BCUT2D eigenvalue weighted by atomic mass is 10.2. The number of rotatable bonds is 2. The quantitative estimate of drug-likeness (QED) is 0.840. The van der Waals surface area contributed by atoms with Gasteiger partial charge < -0.3 is 11.1 Å². The third-order valence-electron chi connectivity index (χ3n) is 2.28. The van der Waals surface area contributed by atoms with Crippen LogP contribution in [0.2, 0.25) is 0 Å². The molecule has 2 rings (SSSR count).